The Morgan fingerprint density at radius 1 is 1.35 bits per heavy atom. The highest BCUT2D eigenvalue weighted by molar-refractivity contribution is 5.55. The van der Waals surface area contributed by atoms with Crippen LogP contribution in [0.3, 0.4) is 0 Å². The summed E-state index contributed by atoms with van der Waals surface area (Å²) >= 11 is 0. The number of anilines is 1. The molecule has 17 heavy (non-hydrogen) atoms. The van der Waals surface area contributed by atoms with Gasteiger partial charge in [0, 0.05) is 6.54 Å². The van der Waals surface area contributed by atoms with Crippen molar-refractivity contribution >= 4 is 5.82 Å². The summed E-state index contributed by atoms with van der Waals surface area (Å²) in [7, 11) is 0. The Kier molecular flexibility index (Phi) is 3.01. The van der Waals surface area contributed by atoms with Gasteiger partial charge in [0.15, 0.2) is 5.82 Å². The van der Waals surface area contributed by atoms with E-state index in [-0.39, 0.29) is 0 Å². The zero-order valence-corrected chi connectivity index (χ0v) is 10.7. The van der Waals surface area contributed by atoms with Crippen LogP contribution >= 0.6 is 0 Å². The molecule has 0 bridgehead atoms. The monoisotopic (exact) mass is 230 g/mol. The maximum absolute atomic E-state index is 9.17. The van der Waals surface area contributed by atoms with Crippen LogP contribution in [0.5, 0.6) is 0 Å². The van der Waals surface area contributed by atoms with Gasteiger partial charge in [0.25, 0.3) is 0 Å². The second-order valence-electron chi connectivity index (χ2n) is 4.95. The summed E-state index contributed by atoms with van der Waals surface area (Å²) in [5, 5.41) is 20.6. The van der Waals surface area contributed by atoms with Crippen molar-refractivity contribution in [1.29, 1.82) is 5.26 Å². The summed E-state index contributed by atoms with van der Waals surface area (Å²) in [6.45, 7) is 6.91. The van der Waals surface area contributed by atoms with E-state index in [1.54, 1.807) is 0 Å². The summed E-state index contributed by atoms with van der Waals surface area (Å²) < 4.78 is 0. The van der Waals surface area contributed by atoms with Gasteiger partial charge >= 0.3 is 0 Å². The van der Waals surface area contributed by atoms with Crippen molar-refractivity contribution in [3.05, 3.63) is 16.8 Å². The molecule has 90 valence electrons. The second-order valence-corrected chi connectivity index (χ2v) is 4.95. The Labute approximate surface area is 102 Å². The van der Waals surface area contributed by atoms with E-state index in [0.29, 0.717) is 16.8 Å². The zero-order valence-electron chi connectivity index (χ0n) is 10.7. The summed E-state index contributed by atoms with van der Waals surface area (Å²) in [4.78, 5) is 0. The van der Waals surface area contributed by atoms with Crippen molar-refractivity contribution < 1.29 is 0 Å². The lowest BCUT2D eigenvalue weighted by atomic mass is 10.0. The minimum absolute atomic E-state index is 0.438. The Morgan fingerprint density at radius 2 is 2.06 bits per heavy atom. The van der Waals surface area contributed by atoms with Gasteiger partial charge in [0.05, 0.1) is 5.69 Å². The molecular formula is C13H18N4. The highest BCUT2D eigenvalue weighted by Crippen LogP contribution is 2.48. The first kappa shape index (κ1) is 11.8. The molecule has 0 unspecified atom stereocenters. The highest BCUT2D eigenvalue weighted by atomic mass is 15.2. The van der Waals surface area contributed by atoms with E-state index in [0.717, 1.165) is 17.8 Å². The maximum atomic E-state index is 9.17. The molecular weight excluding hydrogens is 212 g/mol. The van der Waals surface area contributed by atoms with Crippen LogP contribution in [0, 0.1) is 30.6 Å². The SMILES string of the molecule is CCC1(CNc2nnc(C)c(C)c2C#N)CC1. The van der Waals surface area contributed by atoms with E-state index >= 15 is 0 Å². The van der Waals surface area contributed by atoms with Gasteiger partial charge in [-0.25, -0.2) is 0 Å². The number of nitrogens with one attached hydrogen (secondary N) is 1. The van der Waals surface area contributed by atoms with E-state index in [4.69, 9.17) is 5.26 Å². The second kappa shape index (κ2) is 4.33. The zero-order chi connectivity index (χ0) is 12.5. The molecule has 1 aliphatic rings. The normalized spacial score (nSPS) is 16.4. The number of hydrogen-bond donors (Lipinski definition) is 1. The number of aromatic nitrogens is 2. The van der Waals surface area contributed by atoms with Crippen LogP contribution in [-0.2, 0) is 0 Å². The lowest BCUT2D eigenvalue weighted by Crippen LogP contribution is -2.17. The quantitative estimate of drug-likeness (QED) is 0.863. The molecule has 0 atom stereocenters. The van der Waals surface area contributed by atoms with E-state index in [1.165, 1.54) is 19.3 Å². The Bertz CT molecular complexity index is 469. The number of nitriles is 1. The summed E-state index contributed by atoms with van der Waals surface area (Å²) in [5.74, 6) is 0.635. The average Bonchev–Trinajstić information content (AvgIpc) is 3.11. The van der Waals surface area contributed by atoms with Gasteiger partial charge in [0.1, 0.15) is 11.6 Å². The van der Waals surface area contributed by atoms with Crippen LogP contribution in [0.2, 0.25) is 0 Å². The van der Waals surface area contributed by atoms with Crippen LogP contribution in [0.4, 0.5) is 5.82 Å². The third-order valence-corrected chi connectivity index (χ3v) is 3.90. The highest BCUT2D eigenvalue weighted by Gasteiger charge is 2.40. The summed E-state index contributed by atoms with van der Waals surface area (Å²) in [6.07, 6.45) is 3.73. The van der Waals surface area contributed by atoms with Crippen LogP contribution in [0.1, 0.15) is 43.0 Å². The molecule has 1 heterocycles. The number of hydrogen-bond acceptors (Lipinski definition) is 4. The molecule has 1 N–H and O–H groups in total. The minimum atomic E-state index is 0.438. The standard InChI is InChI=1S/C13H18N4/c1-4-13(5-6-13)8-15-12-11(7-14)9(2)10(3)16-17-12/h4-6,8H2,1-3H3,(H,15,17). The topological polar surface area (TPSA) is 61.6 Å². The fourth-order valence-corrected chi connectivity index (χ4v) is 1.97. The van der Waals surface area contributed by atoms with Crippen molar-refractivity contribution in [1.82, 2.24) is 10.2 Å². The van der Waals surface area contributed by atoms with Crippen LogP contribution in [0.15, 0.2) is 0 Å². The van der Waals surface area contributed by atoms with Crippen molar-refractivity contribution in [2.24, 2.45) is 5.41 Å². The van der Waals surface area contributed by atoms with Gasteiger partial charge in [-0.15, -0.1) is 5.10 Å². The molecule has 0 saturated heterocycles. The molecule has 0 aromatic carbocycles. The number of nitrogens with zero attached hydrogens (tertiary/aromatic N) is 3. The van der Waals surface area contributed by atoms with Crippen molar-refractivity contribution in [3.8, 4) is 6.07 Å². The lowest BCUT2D eigenvalue weighted by Gasteiger charge is -2.15. The molecule has 2 rings (SSSR count). The van der Waals surface area contributed by atoms with Crippen LogP contribution in [-0.4, -0.2) is 16.7 Å². The number of aryl methyl sites for hydroxylation is 1. The molecule has 1 aromatic heterocycles. The Hall–Kier alpha value is -1.63. The molecule has 0 aliphatic heterocycles. The lowest BCUT2D eigenvalue weighted by molar-refractivity contribution is 0.520. The van der Waals surface area contributed by atoms with E-state index in [2.05, 4.69) is 28.5 Å². The van der Waals surface area contributed by atoms with E-state index in [9.17, 15) is 0 Å². The third-order valence-electron chi connectivity index (χ3n) is 3.90. The van der Waals surface area contributed by atoms with Crippen LogP contribution < -0.4 is 5.32 Å². The predicted molar refractivity (Wildman–Crippen MR) is 66.7 cm³/mol. The van der Waals surface area contributed by atoms with Gasteiger partial charge in [0.2, 0.25) is 0 Å². The van der Waals surface area contributed by atoms with Crippen molar-refractivity contribution in [3.63, 3.8) is 0 Å². The minimum Gasteiger partial charge on any atom is -0.367 e. The molecule has 0 spiro atoms. The molecule has 1 saturated carbocycles. The summed E-state index contributed by atoms with van der Waals surface area (Å²) in [6, 6.07) is 2.21. The predicted octanol–water partition coefficient (Wildman–Crippen LogP) is 2.57. The molecule has 4 heteroatoms. The summed E-state index contributed by atoms with van der Waals surface area (Å²) in [5.41, 5.74) is 2.81. The molecule has 1 aliphatic carbocycles. The molecule has 0 amide bonds. The Morgan fingerprint density at radius 3 is 2.59 bits per heavy atom. The molecule has 0 radical (unpaired) electrons. The van der Waals surface area contributed by atoms with Gasteiger partial charge < -0.3 is 5.32 Å². The first-order valence-electron chi connectivity index (χ1n) is 6.10. The first-order valence-corrected chi connectivity index (χ1v) is 6.10. The van der Waals surface area contributed by atoms with Gasteiger partial charge in [-0.05, 0) is 44.1 Å². The number of rotatable bonds is 4. The van der Waals surface area contributed by atoms with Crippen molar-refractivity contribution in [2.45, 2.75) is 40.0 Å². The van der Waals surface area contributed by atoms with E-state index < -0.39 is 0 Å². The molecule has 1 aromatic rings. The Balaban J connectivity index is 2.16. The first-order chi connectivity index (χ1) is 8.12. The smallest absolute Gasteiger partial charge is 0.166 e. The average molecular weight is 230 g/mol. The molecule has 1 fully saturated rings. The van der Waals surface area contributed by atoms with Crippen LogP contribution in [0.25, 0.3) is 0 Å². The van der Waals surface area contributed by atoms with Gasteiger partial charge in [-0.2, -0.15) is 10.4 Å². The molecule has 4 nitrogen and oxygen atoms in total. The third kappa shape index (κ3) is 2.23. The maximum Gasteiger partial charge on any atom is 0.166 e. The van der Waals surface area contributed by atoms with Gasteiger partial charge in [-0.1, -0.05) is 6.92 Å². The van der Waals surface area contributed by atoms with Crippen molar-refractivity contribution in [2.75, 3.05) is 11.9 Å². The van der Waals surface area contributed by atoms with Gasteiger partial charge in [-0.3, -0.25) is 0 Å². The fourth-order valence-electron chi connectivity index (χ4n) is 1.97. The largest absolute Gasteiger partial charge is 0.367 e. The van der Waals surface area contributed by atoms with E-state index in [1.807, 2.05) is 13.8 Å². The fraction of sp³-hybridized carbons (Fsp3) is 0.615.